The Bertz CT molecular complexity index is 968. The average Bonchev–Trinajstić information content (AvgIpc) is 3.38. The summed E-state index contributed by atoms with van der Waals surface area (Å²) in [5.74, 6) is 3.26. The minimum absolute atomic E-state index is 0.674. The number of aromatic nitrogens is 3. The van der Waals surface area contributed by atoms with Gasteiger partial charge in [0.05, 0.1) is 23.8 Å². The fourth-order valence-corrected chi connectivity index (χ4v) is 4.74. The number of hydrogen-bond acceptors (Lipinski definition) is 6. The molecular weight excluding hydrogens is 386 g/mol. The molecule has 2 atom stereocenters. The van der Waals surface area contributed by atoms with Gasteiger partial charge in [0.2, 0.25) is 0 Å². The highest BCUT2D eigenvalue weighted by atomic mass is 35.5. The monoisotopic (exact) mass is 409 g/mol. The van der Waals surface area contributed by atoms with Crippen LogP contribution in [0, 0.1) is 25.7 Å². The molecule has 2 aliphatic heterocycles. The van der Waals surface area contributed by atoms with Crippen LogP contribution in [0.5, 0.6) is 0 Å². The summed E-state index contributed by atoms with van der Waals surface area (Å²) in [5, 5.41) is 4.81. The number of likely N-dealkylation sites (tertiary alicyclic amines) is 1. The van der Waals surface area contributed by atoms with Crippen molar-refractivity contribution in [2.45, 2.75) is 20.4 Å². The summed E-state index contributed by atoms with van der Waals surface area (Å²) in [5.41, 5.74) is 4.15. The predicted molar refractivity (Wildman–Crippen MR) is 113 cm³/mol. The zero-order valence-corrected chi connectivity index (χ0v) is 17.4. The van der Waals surface area contributed by atoms with Crippen molar-refractivity contribution in [1.29, 1.82) is 0 Å². The smallest absolute Gasteiger partial charge is 0.147 e. The minimum Gasteiger partial charge on any atom is -0.361 e. The van der Waals surface area contributed by atoms with E-state index in [1.807, 2.05) is 50.5 Å². The number of halogens is 1. The van der Waals surface area contributed by atoms with Gasteiger partial charge in [0, 0.05) is 48.9 Å². The molecule has 0 aliphatic carbocycles. The first kappa shape index (κ1) is 18.6. The third kappa shape index (κ3) is 3.63. The molecule has 2 unspecified atom stereocenters. The lowest BCUT2D eigenvalue weighted by atomic mass is 10.0. The third-order valence-corrected chi connectivity index (χ3v) is 6.48. The Morgan fingerprint density at radius 1 is 1.00 bits per heavy atom. The van der Waals surface area contributed by atoms with Gasteiger partial charge in [-0.15, -0.1) is 0 Å². The van der Waals surface area contributed by atoms with Crippen LogP contribution in [0.4, 0.5) is 5.82 Å². The van der Waals surface area contributed by atoms with Crippen molar-refractivity contribution < 1.29 is 4.52 Å². The van der Waals surface area contributed by atoms with E-state index in [1.165, 1.54) is 5.56 Å². The first-order valence-electron chi connectivity index (χ1n) is 10.0. The molecule has 0 amide bonds. The first-order valence-corrected chi connectivity index (χ1v) is 10.4. The summed E-state index contributed by atoms with van der Waals surface area (Å²) < 4.78 is 5.32. The van der Waals surface area contributed by atoms with Crippen LogP contribution in [0.1, 0.15) is 17.0 Å². The molecule has 29 heavy (non-hydrogen) atoms. The number of aryl methyl sites for hydroxylation is 2. The second-order valence-corrected chi connectivity index (χ2v) is 8.63. The van der Waals surface area contributed by atoms with Crippen LogP contribution in [0.3, 0.4) is 0 Å². The average molecular weight is 410 g/mol. The van der Waals surface area contributed by atoms with Gasteiger partial charge in [-0.2, -0.15) is 0 Å². The van der Waals surface area contributed by atoms with Crippen molar-refractivity contribution in [2.24, 2.45) is 11.8 Å². The lowest BCUT2D eigenvalue weighted by Crippen LogP contribution is -2.29. The number of fused-ring (bicyclic) bond motifs is 1. The Morgan fingerprint density at radius 2 is 1.72 bits per heavy atom. The summed E-state index contributed by atoms with van der Waals surface area (Å²) >= 11 is 5.97. The van der Waals surface area contributed by atoms with E-state index in [0.717, 1.165) is 66.3 Å². The van der Waals surface area contributed by atoms with E-state index in [0.29, 0.717) is 11.8 Å². The summed E-state index contributed by atoms with van der Waals surface area (Å²) in [6, 6.07) is 7.70. The largest absolute Gasteiger partial charge is 0.361 e. The van der Waals surface area contributed by atoms with Crippen LogP contribution in [0.25, 0.3) is 11.3 Å². The molecule has 0 bridgehead atoms. The van der Waals surface area contributed by atoms with Crippen molar-refractivity contribution in [3.8, 4) is 11.3 Å². The second-order valence-electron chi connectivity index (χ2n) is 8.19. The van der Waals surface area contributed by atoms with E-state index in [9.17, 15) is 0 Å². The Kier molecular flexibility index (Phi) is 4.76. The zero-order valence-electron chi connectivity index (χ0n) is 16.7. The van der Waals surface area contributed by atoms with Crippen LogP contribution in [-0.4, -0.2) is 46.2 Å². The molecule has 0 radical (unpaired) electrons. The fraction of sp³-hybridized carbons (Fsp3) is 0.409. The van der Waals surface area contributed by atoms with Crippen molar-refractivity contribution in [3.63, 3.8) is 0 Å². The standard InChI is InChI=1S/C22H24ClN5O/c1-14-20(15(2)29-26-14)13-27-9-17-11-28(12-18(17)10-27)22-8-24-21(7-25-22)16-3-5-19(23)6-4-16/h3-8,17-18H,9-13H2,1-2H3. The van der Waals surface area contributed by atoms with Crippen molar-refractivity contribution in [3.05, 3.63) is 58.7 Å². The molecule has 0 N–H and O–H groups in total. The molecule has 7 heteroatoms. The normalized spacial score (nSPS) is 21.7. The number of hydrogen-bond donors (Lipinski definition) is 0. The number of benzene rings is 1. The van der Waals surface area contributed by atoms with Gasteiger partial charge in [-0.1, -0.05) is 28.9 Å². The maximum Gasteiger partial charge on any atom is 0.147 e. The molecule has 5 rings (SSSR count). The van der Waals surface area contributed by atoms with E-state index >= 15 is 0 Å². The zero-order chi connectivity index (χ0) is 20.0. The van der Waals surface area contributed by atoms with Gasteiger partial charge < -0.3 is 9.42 Å². The van der Waals surface area contributed by atoms with E-state index in [4.69, 9.17) is 16.1 Å². The minimum atomic E-state index is 0.674. The number of rotatable bonds is 4. The Hall–Kier alpha value is -2.44. The second kappa shape index (κ2) is 7.43. The topological polar surface area (TPSA) is 58.3 Å². The van der Waals surface area contributed by atoms with Gasteiger partial charge in [0.1, 0.15) is 11.6 Å². The molecule has 4 heterocycles. The molecule has 3 aromatic rings. The molecule has 2 saturated heterocycles. The lowest BCUT2D eigenvalue weighted by molar-refractivity contribution is 0.305. The van der Waals surface area contributed by atoms with E-state index < -0.39 is 0 Å². The molecule has 0 spiro atoms. The molecule has 2 aliphatic rings. The van der Waals surface area contributed by atoms with Crippen LogP contribution >= 0.6 is 11.6 Å². The van der Waals surface area contributed by atoms with Crippen molar-refractivity contribution in [2.75, 3.05) is 31.1 Å². The van der Waals surface area contributed by atoms with Crippen LogP contribution in [-0.2, 0) is 6.54 Å². The van der Waals surface area contributed by atoms with Crippen molar-refractivity contribution >= 4 is 17.4 Å². The van der Waals surface area contributed by atoms with Gasteiger partial charge in [-0.3, -0.25) is 9.88 Å². The maximum atomic E-state index is 5.97. The molecule has 1 aromatic carbocycles. The van der Waals surface area contributed by atoms with E-state index in [-0.39, 0.29) is 0 Å². The van der Waals surface area contributed by atoms with Crippen LogP contribution in [0.2, 0.25) is 5.02 Å². The number of anilines is 1. The van der Waals surface area contributed by atoms with Gasteiger partial charge in [-0.25, -0.2) is 4.98 Å². The highest BCUT2D eigenvalue weighted by Gasteiger charge is 2.40. The van der Waals surface area contributed by atoms with Gasteiger partial charge in [-0.05, 0) is 37.8 Å². The summed E-state index contributed by atoms with van der Waals surface area (Å²) in [4.78, 5) is 14.2. The Labute approximate surface area is 175 Å². The molecule has 2 aromatic heterocycles. The predicted octanol–water partition coefficient (Wildman–Crippen LogP) is 3.97. The molecule has 0 saturated carbocycles. The van der Waals surface area contributed by atoms with Crippen LogP contribution < -0.4 is 4.90 Å². The first-order chi connectivity index (χ1) is 14.1. The molecule has 2 fully saturated rings. The van der Waals surface area contributed by atoms with E-state index in [2.05, 4.69) is 24.9 Å². The van der Waals surface area contributed by atoms with Crippen molar-refractivity contribution in [1.82, 2.24) is 20.0 Å². The summed E-state index contributed by atoms with van der Waals surface area (Å²) in [6.07, 6.45) is 3.75. The lowest BCUT2D eigenvalue weighted by Gasteiger charge is -2.22. The Balaban J connectivity index is 1.22. The highest BCUT2D eigenvalue weighted by Crippen LogP contribution is 2.34. The molecule has 6 nitrogen and oxygen atoms in total. The maximum absolute atomic E-state index is 5.97. The quantitative estimate of drug-likeness (QED) is 0.649. The summed E-state index contributed by atoms with van der Waals surface area (Å²) in [7, 11) is 0. The van der Waals surface area contributed by atoms with E-state index in [1.54, 1.807) is 0 Å². The fourth-order valence-electron chi connectivity index (χ4n) is 4.61. The highest BCUT2D eigenvalue weighted by molar-refractivity contribution is 6.30. The van der Waals surface area contributed by atoms with Crippen LogP contribution in [0.15, 0.2) is 41.2 Å². The molecule has 150 valence electrons. The Morgan fingerprint density at radius 3 is 2.31 bits per heavy atom. The summed E-state index contributed by atoms with van der Waals surface area (Å²) in [6.45, 7) is 9.26. The van der Waals surface area contributed by atoms with Gasteiger partial charge in [0.15, 0.2) is 0 Å². The third-order valence-electron chi connectivity index (χ3n) is 6.23. The van der Waals surface area contributed by atoms with Gasteiger partial charge in [0.25, 0.3) is 0 Å². The SMILES string of the molecule is Cc1noc(C)c1CN1CC2CN(c3cnc(-c4ccc(Cl)cc4)cn3)CC2C1. The number of nitrogens with zero attached hydrogens (tertiary/aromatic N) is 5. The van der Waals surface area contributed by atoms with Gasteiger partial charge >= 0.3 is 0 Å². The molecular formula is C22H24ClN5O.